The number of aliphatic imine (C=N–C) groups is 1. The van der Waals surface area contributed by atoms with Crippen LogP contribution in [0.3, 0.4) is 0 Å². The highest BCUT2D eigenvalue weighted by molar-refractivity contribution is 5.58. The van der Waals surface area contributed by atoms with Crippen LogP contribution in [0, 0.1) is 22.7 Å². The van der Waals surface area contributed by atoms with Crippen LogP contribution >= 0.6 is 0 Å². The van der Waals surface area contributed by atoms with Gasteiger partial charge in [-0.3, -0.25) is 10.4 Å². The molecule has 1 N–H and O–H groups in total. The zero-order valence-corrected chi connectivity index (χ0v) is 10.9. The first-order valence-corrected chi connectivity index (χ1v) is 6.77. The van der Waals surface area contributed by atoms with Crippen LogP contribution in [0.4, 0.5) is 0 Å². The molecule has 0 aromatic rings. The van der Waals surface area contributed by atoms with E-state index >= 15 is 0 Å². The van der Waals surface area contributed by atoms with E-state index < -0.39 is 0 Å². The highest BCUT2D eigenvalue weighted by atomic mass is 16.3. The molecule has 2 bridgehead atoms. The molecule has 2 rings (SSSR count). The van der Waals surface area contributed by atoms with Crippen molar-refractivity contribution in [3.63, 3.8) is 0 Å². The summed E-state index contributed by atoms with van der Waals surface area (Å²) in [6.45, 7) is 5.37. The molecule has 0 spiro atoms. The van der Waals surface area contributed by atoms with E-state index in [0.717, 1.165) is 30.6 Å². The third-order valence-corrected chi connectivity index (χ3v) is 4.70. The lowest BCUT2D eigenvalue weighted by Crippen LogP contribution is -2.30. The molecule has 2 aliphatic rings. The topological polar surface area (TPSA) is 53.8 Å². The second-order valence-electron chi connectivity index (χ2n) is 5.84. The molecular weight excluding hydrogens is 214 g/mol. The van der Waals surface area contributed by atoms with Crippen molar-refractivity contribution in [1.82, 2.24) is 5.43 Å². The Labute approximate surface area is 103 Å². The molecule has 4 nitrogen and oxygen atoms in total. The van der Waals surface area contributed by atoms with E-state index in [1.807, 2.05) is 0 Å². The van der Waals surface area contributed by atoms with Gasteiger partial charge in [-0.1, -0.05) is 13.8 Å². The van der Waals surface area contributed by atoms with E-state index in [1.54, 1.807) is 0 Å². The molecule has 0 amide bonds. The molecule has 2 saturated carbocycles. The highest BCUT2D eigenvalue weighted by Crippen LogP contribution is 2.56. The van der Waals surface area contributed by atoms with E-state index in [-0.39, 0.29) is 5.54 Å². The summed E-state index contributed by atoms with van der Waals surface area (Å²) in [4.78, 5) is 14.7. The predicted molar refractivity (Wildman–Crippen MR) is 69.9 cm³/mol. The molecule has 0 aliphatic heterocycles. The van der Waals surface area contributed by atoms with Crippen molar-refractivity contribution < 1.29 is 0 Å². The maximum Gasteiger partial charge on any atom is 0.0635 e. The second-order valence-corrected chi connectivity index (χ2v) is 5.84. The molecule has 2 aliphatic carbocycles. The van der Waals surface area contributed by atoms with Crippen molar-refractivity contribution in [2.24, 2.45) is 28.0 Å². The summed E-state index contributed by atoms with van der Waals surface area (Å²) in [5.74, 6) is 2.50. The zero-order chi connectivity index (χ0) is 12.3. The van der Waals surface area contributed by atoms with Gasteiger partial charge in [0.05, 0.1) is 5.54 Å². The van der Waals surface area contributed by atoms with Gasteiger partial charge in [0.15, 0.2) is 0 Å². The summed E-state index contributed by atoms with van der Waals surface area (Å²) in [7, 11) is 0. The summed E-state index contributed by atoms with van der Waals surface area (Å²) < 4.78 is 0. The number of nitrogens with zero attached hydrogens (tertiary/aromatic N) is 2. The summed E-state index contributed by atoms with van der Waals surface area (Å²) >= 11 is 0. The second kappa shape index (κ2) is 5.15. The van der Waals surface area contributed by atoms with E-state index in [1.165, 1.54) is 19.3 Å². The van der Waals surface area contributed by atoms with Crippen molar-refractivity contribution in [3.05, 3.63) is 4.91 Å². The molecule has 4 heteroatoms. The van der Waals surface area contributed by atoms with Crippen molar-refractivity contribution >= 4 is 6.21 Å². The van der Waals surface area contributed by atoms with Gasteiger partial charge < -0.3 is 0 Å². The fourth-order valence-electron chi connectivity index (χ4n) is 3.65. The number of hydrogen-bond acceptors (Lipinski definition) is 3. The smallest absolute Gasteiger partial charge is 0.0635 e. The minimum Gasteiger partial charge on any atom is -0.291 e. The quantitative estimate of drug-likeness (QED) is 0.334. The van der Waals surface area contributed by atoms with Crippen LogP contribution in [0.25, 0.3) is 0 Å². The Bertz CT molecular complexity index is 301. The third kappa shape index (κ3) is 2.50. The first kappa shape index (κ1) is 12.5. The fourth-order valence-corrected chi connectivity index (χ4v) is 3.65. The van der Waals surface area contributed by atoms with Crippen LogP contribution in [-0.2, 0) is 0 Å². The molecule has 0 radical (unpaired) electrons. The maximum absolute atomic E-state index is 9.83. The molecule has 0 heterocycles. The van der Waals surface area contributed by atoms with Gasteiger partial charge in [0.2, 0.25) is 0 Å². The van der Waals surface area contributed by atoms with Gasteiger partial charge in [0.1, 0.15) is 0 Å². The van der Waals surface area contributed by atoms with Crippen LogP contribution in [0.1, 0.15) is 46.0 Å². The van der Waals surface area contributed by atoms with Crippen LogP contribution in [0.5, 0.6) is 0 Å². The number of rotatable bonds is 6. The summed E-state index contributed by atoms with van der Waals surface area (Å²) in [6, 6.07) is 0. The molecule has 4 unspecified atom stereocenters. The van der Waals surface area contributed by atoms with Crippen LogP contribution in [0.15, 0.2) is 10.3 Å². The summed E-state index contributed by atoms with van der Waals surface area (Å²) in [5, 5.41) is 2.62. The number of nitrogens with one attached hydrogen (secondary N) is 1. The Morgan fingerprint density at radius 1 is 1.41 bits per heavy atom. The standard InChI is InChI=1S/C13H23N3O/c1-10-8-13(9-12(10)7-11(13)2)14-5-3-4-6-15-16-17/h5,10-12H,3-4,6-9H2,1-2H3,(H,15,17)/b14-5+. The van der Waals surface area contributed by atoms with Gasteiger partial charge in [-0.05, 0) is 56.1 Å². The van der Waals surface area contributed by atoms with E-state index in [2.05, 4.69) is 30.8 Å². The zero-order valence-electron chi connectivity index (χ0n) is 10.9. The SMILES string of the molecule is CC1CC2(/N=C/CCCNN=O)CC1CC2C. The average Bonchev–Trinajstić information content (AvgIpc) is 2.77. The van der Waals surface area contributed by atoms with Crippen LogP contribution in [-0.4, -0.2) is 18.3 Å². The fraction of sp³-hybridized carbons (Fsp3) is 0.923. The number of nitroso groups, excluding NO2 is 1. The molecule has 0 saturated heterocycles. The van der Waals surface area contributed by atoms with Gasteiger partial charge in [-0.25, -0.2) is 0 Å². The van der Waals surface area contributed by atoms with Crippen molar-refractivity contribution in [2.45, 2.75) is 51.5 Å². The monoisotopic (exact) mass is 237 g/mol. The average molecular weight is 237 g/mol. The minimum absolute atomic E-state index is 0.250. The molecule has 2 fully saturated rings. The maximum atomic E-state index is 9.83. The molecular formula is C13H23N3O. The Kier molecular flexibility index (Phi) is 3.79. The first-order valence-electron chi connectivity index (χ1n) is 6.77. The molecule has 0 aromatic carbocycles. The molecule has 0 aromatic heterocycles. The van der Waals surface area contributed by atoms with E-state index in [4.69, 9.17) is 4.99 Å². The molecule has 17 heavy (non-hydrogen) atoms. The van der Waals surface area contributed by atoms with Gasteiger partial charge >= 0.3 is 0 Å². The van der Waals surface area contributed by atoms with Crippen LogP contribution < -0.4 is 5.43 Å². The number of hydrogen-bond donors (Lipinski definition) is 1. The van der Waals surface area contributed by atoms with Crippen molar-refractivity contribution in [1.29, 1.82) is 0 Å². The Balaban J connectivity index is 1.81. The highest BCUT2D eigenvalue weighted by Gasteiger charge is 2.52. The Morgan fingerprint density at radius 3 is 2.88 bits per heavy atom. The minimum atomic E-state index is 0.250. The van der Waals surface area contributed by atoms with Crippen molar-refractivity contribution in [3.8, 4) is 0 Å². The van der Waals surface area contributed by atoms with Gasteiger partial charge in [0.25, 0.3) is 0 Å². The third-order valence-electron chi connectivity index (χ3n) is 4.70. The lowest BCUT2D eigenvalue weighted by Gasteiger charge is -2.31. The predicted octanol–water partition coefficient (Wildman–Crippen LogP) is 2.93. The Hall–Kier alpha value is -0.930. The first-order chi connectivity index (χ1) is 8.18. The lowest BCUT2D eigenvalue weighted by atomic mass is 9.80. The lowest BCUT2D eigenvalue weighted by molar-refractivity contribution is 0.256. The van der Waals surface area contributed by atoms with Crippen molar-refractivity contribution in [2.75, 3.05) is 6.54 Å². The number of fused-ring (bicyclic) bond motifs is 2. The summed E-state index contributed by atoms with van der Waals surface area (Å²) in [6.07, 6.45) is 7.86. The van der Waals surface area contributed by atoms with Crippen LogP contribution in [0.2, 0.25) is 0 Å². The summed E-state index contributed by atoms with van der Waals surface area (Å²) in [5.41, 5.74) is 2.68. The molecule has 96 valence electrons. The normalized spacial score (nSPS) is 40.0. The van der Waals surface area contributed by atoms with E-state index in [0.29, 0.717) is 6.54 Å². The number of unbranched alkanes of at least 4 members (excludes halogenated alkanes) is 1. The van der Waals surface area contributed by atoms with Gasteiger partial charge in [0, 0.05) is 11.8 Å². The largest absolute Gasteiger partial charge is 0.291 e. The van der Waals surface area contributed by atoms with Gasteiger partial charge in [-0.15, -0.1) is 4.91 Å². The van der Waals surface area contributed by atoms with Gasteiger partial charge in [-0.2, -0.15) is 0 Å². The Morgan fingerprint density at radius 2 is 2.24 bits per heavy atom. The van der Waals surface area contributed by atoms with E-state index in [9.17, 15) is 4.91 Å². The molecule has 4 atom stereocenters.